The highest BCUT2D eigenvalue weighted by atomic mass is 16.5. The first-order chi connectivity index (χ1) is 14.1. The number of hydrogen-bond acceptors (Lipinski definition) is 3. The van der Waals surface area contributed by atoms with Crippen molar-refractivity contribution in [3.8, 4) is 11.5 Å². The van der Waals surface area contributed by atoms with Crippen molar-refractivity contribution in [3.05, 3.63) is 87.7 Å². The van der Waals surface area contributed by atoms with E-state index in [1.165, 1.54) is 33.5 Å². The Kier molecular flexibility index (Phi) is 5.31. The van der Waals surface area contributed by atoms with Gasteiger partial charge in [-0.05, 0) is 60.9 Å². The zero-order valence-corrected chi connectivity index (χ0v) is 18.0. The monoisotopic (exact) mass is 387 g/mol. The lowest BCUT2D eigenvalue weighted by atomic mass is 9.81. The highest BCUT2D eigenvalue weighted by Gasteiger charge is 2.39. The molecule has 0 fully saturated rings. The Bertz CT molecular complexity index is 1030. The van der Waals surface area contributed by atoms with Crippen LogP contribution < -0.4 is 9.47 Å². The van der Waals surface area contributed by atoms with E-state index in [2.05, 4.69) is 69.3 Å². The minimum atomic E-state index is 0.251. The van der Waals surface area contributed by atoms with E-state index < -0.39 is 0 Å². The van der Waals surface area contributed by atoms with E-state index in [-0.39, 0.29) is 5.92 Å². The molecule has 0 bridgehead atoms. The number of methoxy groups -OCH3 is 2. The number of pyridine rings is 1. The van der Waals surface area contributed by atoms with Crippen molar-refractivity contribution in [2.75, 3.05) is 14.2 Å². The van der Waals surface area contributed by atoms with Crippen molar-refractivity contribution < 1.29 is 9.47 Å². The van der Waals surface area contributed by atoms with Crippen molar-refractivity contribution in [1.82, 2.24) is 4.98 Å². The molecule has 1 heterocycles. The van der Waals surface area contributed by atoms with Crippen molar-refractivity contribution in [2.45, 2.75) is 45.4 Å². The zero-order valence-electron chi connectivity index (χ0n) is 18.0. The summed E-state index contributed by atoms with van der Waals surface area (Å²) in [5.41, 5.74) is 8.71. The third-order valence-corrected chi connectivity index (χ3v) is 6.23. The van der Waals surface area contributed by atoms with Crippen LogP contribution in [-0.4, -0.2) is 19.2 Å². The van der Waals surface area contributed by atoms with Crippen LogP contribution in [0.25, 0.3) is 0 Å². The Balaban J connectivity index is 1.94. The Hall–Kier alpha value is -2.81. The SMILES string of the molecule is CCc1nc(C)c(OC)c2c1CC(c1ccc(OC)c(C)c1)C2c1ccccc1. The van der Waals surface area contributed by atoms with Crippen molar-refractivity contribution in [2.24, 2.45) is 0 Å². The maximum Gasteiger partial charge on any atom is 0.144 e. The average molecular weight is 388 g/mol. The molecular weight excluding hydrogens is 358 g/mol. The zero-order chi connectivity index (χ0) is 20.5. The molecule has 2 atom stereocenters. The van der Waals surface area contributed by atoms with E-state index in [0.29, 0.717) is 5.92 Å². The Morgan fingerprint density at radius 1 is 0.966 bits per heavy atom. The van der Waals surface area contributed by atoms with E-state index in [1.807, 2.05) is 0 Å². The topological polar surface area (TPSA) is 31.4 Å². The molecule has 1 aromatic heterocycles. The van der Waals surface area contributed by atoms with E-state index >= 15 is 0 Å². The lowest BCUT2D eigenvalue weighted by Crippen LogP contribution is -2.10. The maximum atomic E-state index is 5.90. The normalized spacial score (nSPS) is 17.8. The van der Waals surface area contributed by atoms with Gasteiger partial charge in [0.05, 0.1) is 19.9 Å². The standard InChI is InChI=1S/C26H29NO2/c1-6-22-21-15-20(19-12-13-23(28-4)16(2)14-19)24(18-10-8-7-9-11-18)25(21)26(29-5)17(3)27-22/h7-14,20,24H,6,15H2,1-5H3. The minimum absolute atomic E-state index is 0.251. The Morgan fingerprint density at radius 2 is 1.72 bits per heavy atom. The lowest BCUT2D eigenvalue weighted by Gasteiger charge is -2.24. The van der Waals surface area contributed by atoms with Crippen LogP contribution >= 0.6 is 0 Å². The average Bonchev–Trinajstić information content (AvgIpc) is 3.14. The number of hydrogen-bond donors (Lipinski definition) is 0. The molecule has 3 aromatic rings. The van der Waals surface area contributed by atoms with Gasteiger partial charge in [-0.15, -0.1) is 0 Å². The summed E-state index contributed by atoms with van der Waals surface area (Å²) in [5, 5.41) is 0. The van der Waals surface area contributed by atoms with Crippen LogP contribution in [-0.2, 0) is 12.8 Å². The number of benzene rings is 2. The molecule has 2 unspecified atom stereocenters. The van der Waals surface area contributed by atoms with Gasteiger partial charge in [-0.1, -0.05) is 49.4 Å². The summed E-state index contributed by atoms with van der Waals surface area (Å²) in [5.74, 6) is 2.48. The predicted molar refractivity (Wildman–Crippen MR) is 117 cm³/mol. The molecule has 3 heteroatoms. The van der Waals surface area contributed by atoms with Gasteiger partial charge in [-0.2, -0.15) is 0 Å². The highest BCUT2D eigenvalue weighted by Crippen LogP contribution is 2.52. The van der Waals surface area contributed by atoms with E-state index in [1.54, 1.807) is 14.2 Å². The second kappa shape index (κ2) is 7.90. The van der Waals surface area contributed by atoms with Crippen molar-refractivity contribution in [3.63, 3.8) is 0 Å². The van der Waals surface area contributed by atoms with Crippen molar-refractivity contribution >= 4 is 0 Å². The molecule has 150 valence electrons. The van der Waals surface area contributed by atoms with E-state index in [4.69, 9.17) is 14.5 Å². The number of ether oxygens (including phenoxy) is 2. The molecule has 0 aliphatic heterocycles. The molecule has 2 aromatic carbocycles. The molecule has 3 nitrogen and oxygen atoms in total. The smallest absolute Gasteiger partial charge is 0.144 e. The summed E-state index contributed by atoms with van der Waals surface area (Å²) in [4.78, 5) is 4.89. The van der Waals surface area contributed by atoms with Gasteiger partial charge in [0, 0.05) is 17.2 Å². The molecule has 0 radical (unpaired) electrons. The Morgan fingerprint density at radius 3 is 2.34 bits per heavy atom. The van der Waals surface area contributed by atoms with Gasteiger partial charge in [-0.3, -0.25) is 4.98 Å². The molecule has 1 aliphatic rings. The summed E-state index contributed by atoms with van der Waals surface area (Å²) in [6.07, 6.45) is 1.91. The minimum Gasteiger partial charge on any atom is -0.496 e. The van der Waals surface area contributed by atoms with Gasteiger partial charge in [0.2, 0.25) is 0 Å². The fourth-order valence-electron chi connectivity index (χ4n) is 4.96. The summed E-state index contributed by atoms with van der Waals surface area (Å²) in [7, 11) is 3.50. The third-order valence-electron chi connectivity index (χ3n) is 6.23. The first kappa shape index (κ1) is 19.5. The second-order valence-corrected chi connectivity index (χ2v) is 7.85. The van der Waals surface area contributed by atoms with Crippen LogP contribution in [0, 0.1) is 13.8 Å². The van der Waals surface area contributed by atoms with E-state index in [9.17, 15) is 0 Å². The van der Waals surface area contributed by atoms with Gasteiger partial charge in [-0.25, -0.2) is 0 Å². The lowest BCUT2D eigenvalue weighted by molar-refractivity contribution is 0.401. The van der Waals surface area contributed by atoms with Gasteiger partial charge < -0.3 is 9.47 Å². The molecule has 0 N–H and O–H groups in total. The number of fused-ring (bicyclic) bond motifs is 1. The maximum absolute atomic E-state index is 5.90. The molecule has 1 aliphatic carbocycles. The summed E-state index contributed by atoms with van der Waals surface area (Å²) in [6, 6.07) is 17.4. The van der Waals surface area contributed by atoms with Gasteiger partial charge in [0.15, 0.2) is 0 Å². The number of aryl methyl sites for hydroxylation is 3. The molecule has 4 rings (SSSR count). The molecule has 0 spiro atoms. The van der Waals surface area contributed by atoms with Crippen LogP contribution in [0.1, 0.15) is 58.0 Å². The number of aromatic nitrogens is 1. The number of nitrogens with zero attached hydrogens (tertiary/aromatic N) is 1. The van der Waals surface area contributed by atoms with Gasteiger partial charge in [0.25, 0.3) is 0 Å². The third kappa shape index (κ3) is 3.29. The quantitative estimate of drug-likeness (QED) is 0.558. The van der Waals surface area contributed by atoms with Crippen molar-refractivity contribution in [1.29, 1.82) is 0 Å². The second-order valence-electron chi connectivity index (χ2n) is 7.85. The largest absolute Gasteiger partial charge is 0.496 e. The summed E-state index contributed by atoms with van der Waals surface area (Å²) >= 11 is 0. The fraction of sp³-hybridized carbons (Fsp3) is 0.346. The first-order valence-electron chi connectivity index (χ1n) is 10.3. The van der Waals surface area contributed by atoms with Crippen LogP contribution in [0.4, 0.5) is 0 Å². The Labute approximate surface area is 173 Å². The molecule has 0 saturated heterocycles. The summed E-state index contributed by atoms with van der Waals surface area (Å²) in [6.45, 7) is 6.37. The van der Waals surface area contributed by atoms with Crippen LogP contribution in [0.15, 0.2) is 48.5 Å². The van der Waals surface area contributed by atoms with E-state index in [0.717, 1.165) is 30.0 Å². The van der Waals surface area contributed by atoms with Crippen LogP contribution in [0.2, 0.25) is 0 Å². The van der Waals surface area contributed by atoms with Gasteiger partial charge >= 0.3 is 0 Å². The summed E-state index contributed by atoms with van der Waals surface area (Å²) < 4.78 is 11.4. The fourth-order valence-corrected chi connectivity index (χ4v) is 4.96. The van der Waals surface area contributed by atoms with Gasteiger partial charge in [0.1, 0.15) is 11.5 Å². The molecule has 29 heavy (non-hydrogen) atoms. The number of rotatable bonds is 5. The first-order valence-corrected chi connectivity index (χ1v) is 10.3. The van der Waals surface area contributed by atoms with Crippen LogP contribution in [0.5, 0.6) is 11.5 Å². The highest BCUT2D eigenvalue weighted by molar-refractivity contribution is 5.57. The molecular formula is C26H29NO2. The molecule has 0 saturated carbocycles. The van der Waals surface area contributed by atoms with Crippen LogP contribution in [0.3, 0.4) is 0 Å². The molecule has 0 amide bonds. The predicted octanol–water partition coefficient (Wildman–Crippen LogP) is 5.75.